The largest absolute Gasteiger partial charge is 0.312 e. The maximum Gasteiger partial charge on any atom is 0.245 e. The topological polar surface area (TPSA) is 61.8 Å². The van der Waals surface area contributed by atoms with Gasteiger partial charge < -0.3 is 4.90 Å². The van der Waals surface area contributed by atoms with Crippen molar-refractivity contribution in [2.24, 2.45) is 11.0 Å². The molecule has 0 aliphatic carbocycles. The highest BCUT2D eigenvalue weighted by atomic mass is 32.1. The van der Waals surface area contributed by atoms with Crippen LogP contribution in [0.15, 0.2) is 46.9 Å². The van der Waals surface area contributed by atoms with Crippen molar-refractivity contribution in [1.29, 1.82) is 0 Å². The number of thiophene rings is 1. The van der Waals surface area contributed by atoms with Crippen LogP contribution in [0, 0.1) is 12.8 Å². The molecule has 23 heavy (non-hydrogen) atoms. The van der Waals surface area contributed by atoms with Crippen LogP contribution in [-0.4, -0.2) is 24.6 Å². The molecule has 0 bridgehead atoms. The number of amides is 2. The quantitative estimate of drug-likeness (QED) is 0.693. The Morgan fingerprint density at radius 3 is 2.83 bits per heavy atom. The monoisotopic (exact) mass is 327 g/mol. The van der Waals surface area contributed by atoms with E-state index in [0.29, 0.717) is 6.54 Å². The summed E-state index contributed by atoms with van der Waals surface area (Å²) in [7, 11) is 0. The van der Waals surface area contributed by atoms with Crippen LogP contribution in [0.4, 0.5) is 5.69 Å². The third-order valence-electron chi connectivity index (χ3n) is 3.75. The first-order chi connectivity index (χ1) is 11.1. The summed E-state index contributed by atoms with van der Waals surface area (Å²) in [6.07, 6.45) is 1.82. The number of hydrogen-bond acceptors (Lipinski definition) is 4. The lowest BCUT2D eigenvalue weighted by Gasteiger charge is -2.16. The molecule has 0 spiro atoms. The molecule has 1 aliphatic heterocycles. The number of anilines is 1. The zero-order valence-corrected chi connectivity index (χ0v) is 13.5. The smallest absolute Gasteiger partial charge is 0.245 e. The summed E-state index contributed by atoms with van der Waals surface area (Å²) in [6, 6.07) is 11.6. The van der Waals surface area contributed by atoms with Crippen LogP contribution in [-0.2, 0) is 9.59 Å². The molecule has 2 amide bonds. The number of rotatable bonds is 4. The average molecular weight is 327 g/mol. The van der Waals surface area contributed by atoms with Gasteiger partial charge in [0.05, 0.1) is 12.1 Å². The molecule has 2 heterocycles. The van der Waals surface area contributed by atoms with Gasteiger partial charge in [0.25, 0.3) is 0 Å². The van der Waals surface area contributed by atoms with Gasteiger partial charge in [-0.25, -0.2) is 5.43 Å². The lowest BCUT2D eigenvalue weighted by Crippen LogP contribution is -2.30. The molecule has 1 saturated heterocycles. The molecule has 2 aromatic rings. The first kappa shape index (κ1) is 15.4. The van der Waals surface area contributed by atoms with Gasteiger partial charge in [-0.15, -0.1) is 11.3 Å². The SMILES string of the molecule is Cc1ccc(N2C[C@@H](C(=O)NN=Cc3cccs3)CC2=O)cc1. The number of benzene rings is 1. The van der Waals surface area contributed by atoms with Crippen LogP contribution in [0.25, 0.3) is 0 Å². The molecule has 118 valence electrons. The molecule has 6 heteroatoms. The van der Waals surface area contributed by atoms with Crippen LogP contribution in [0.5, 0.6) is 0 Å². The van der Waals surface area contributed by atoms with E-state index in [1.807, 2.05) is 48.7 Å². The maximum atomic E-state index is 12.2. The number of nitrogens with zero attached hydrogens (tertiary/aromatic N) is 2. The molecule has 5 nitrogen and oxygen atoms in total. The Bertz CT molecular complexity index is 723. The van der Waals surface area contributed by atoms with E-state index < -0.39 is 0 Å². The summed E-state index contributed by atoms with van der Waals surface area (Å²) < 4.78 is 0. The zero-order valence-electron chi connectivity index (χ0n) is 12.7. The normalized spacial score (nSPS) is 17.9. The minimum atomic E-state index is -0.371. The Morgan fingerprint density at radius 1 is 1.35 bits per heavy atom. The molecule has 0 saturated carbocycles. The zero-order chi connectivity index (χ0) is 16.2. The van der Waals surface area contributed by atoms with Gasteiger partial charge in [-0.1, -0.05) is 23.8 Å². The minimum absolute atomic E-state index is 0.0313. The Morgan fingerprint density at radius 2 is 2.13 bits per heavy atom. The van der Waals surface area contributed by atoms with Gasteiger partial charge in [0.15, 0.2) is 0 Å². The van der Waals surface area contributed by atoms with Crippen LogP contribution in [0.3, 0.4) is 0 Å². The number of carbonyl (C=O) groups is 2. The van der Waals surface area contributed by atoms with E-state index >= 15 is 0 Å². The molecule has 1 aromatic heterocycles. The maximum absolute atomic E-state index is 12.2. The minimum Gasteiger partial charge on any atom is -0.312 e. The predicted octanol–water partition coefficient (Wildman–Crippen LogP) is 2.56. The molecule has 1 aliphatic rings. The van der Waals surface area contributed by atoms with E-state index in [1.54, 1.807) is 22.5 Å². The van der Waals surface area contributed by atoms with E-state index in [0.717, 1.165) is 16.1 Å². The van der Waals surface area contributed by atoms with Crippen molar-refractivity contribution in [2.75, 3.05) is 11.4 Å². The summed E-state index contributed by atoms with van der Waals surface area (Å²) in [5.41, 5.74) is 4.49. The van der Waals surface area contributed by atoms with Crippen LogP contribution in [0.1, 0.15) is 16.9 Å². The van der Waals surface area contributed by atoms with Crippen molar-refractivity contribution in [3.05, 3.63) is 52.2 Å². The summed E-state index contributed by atoms with van der Waals surface area (Å²) in [4.78, 5) is 26.9. The lowest BCUT2D eigenvalue weighted by atomic mass is 10.1. The summed E-state index contributed by atoms with van der Waals surface area (Å²) >= 11 is 1.54. The Balaban J connectivity index is 1.60. The number of nitrogens with one attached hydrogen (secondary N) is 1. The summed E-state index contributed by atoms with van der Waals surface area (Å²) in [5, 5.41) is 5.89. The molecule has 1 atom stereocenters. The number of aryl methyl sites for hydroxylation is 1. The Labute approximate surface area is 138 Å². The van der Waals surface area contributed by atoms with Crippen molar-refractivity contribution in [1.82, 2.24) is 5.43 Å². The van der Waals surface area contributed by atoms with Crippen molar-refractivity contribution in [3.8, 4) is 0 Å². The Hall–Kier alpha value is -2.47. The van der Waals surface area contributed by atoms with Gasteiger partial charge >= 0.3 is 0 Å². The van der Waals surface area contributed by atoms with Crippen molar-refractivity contribution >= 4 is 35.1 Å². The first-order valence-corrected chi connectivity index (χ1v) is 8.25. The number of carbonyl (C=O) groups excluding carboxylic acids is 2. The predicted molar refractivity (Wildman–Crippen MR) is 91.7 cm³/mol. The highest BCUT2D eigenvalue weighted by molar-refractivity contribution is 7.11. The van der Waals surface area contributed by atoms with Gasteiger partial charge in [-0.2, -0.15) is 5.10 Å². The van der Waals surface area contributed by atoms with Crippen LogP contribution < -0.4 is 10.3 Å². The molecule has 3 rings (SSSR count). The van der Waals surface area contributed by atoms with Crippen molar-refractivity contribution in [2.45, 2.75) is 13.3 Å². The third-order valence-corrected chi connectivity index (χ3v) is 4.56. The first-order valence-electron chi connectivity index (χ1n) is 7.37. The standard InChI is InChI=1S/C17H17N3O2S/c1-12-4-6-14(7-5-12)20-11-13(9-16(20)21)17(22)19-18-10-15-3-2-8-23-15/h2-8,10,13H,9,11H2,1H3,(H,19,22)/t13-/m0/s1. The molecule has 1 N–H and O–H groups in total. The van der Waals surface area contributed by atoms with Gasteiger partial charge in [0, 0.05) is 23.5 Å². The van der Waals surface area contributed by atoms with E-state index in [9.17, 15) is 9.59 Å². The van der Waals surface area contributed by atoms with Gasteiger partial charge in [0.2, 0.25) is 11.8 Å². The van der Waals surface area contributed by atoms with Gasteiger partial charge in [-0.05, 0) is 30.5 Å². The third kappa shape index (κ3) is 3.65. The average Bonchev–Trinajstić information content (AvgIpc) is 3.18. The molecule has 1 aromatic carbocycles. The second-order valence-corrected chi connectivity index (χ2v) is 6.47. The molecule has 1 fully saturated rings. The fourth-order valence-corrected chi connectivity index (χ4v) is 3.06. The number of hydrazone groups is 1. The fraction of sp³-hybridized carbons (Fsp3) is 0.235. The highest BCUT2D eigenvalue weighted by Gasteiger charge is 2.35. The Kier molecular flexibility index (Phi) is 4.52. The second kappa shape index (κ2) is 6.75. The summed E-state index contributed by atoms with van der Waals surface area (Å²) in [5.74, 6) is -0.624. The van der Waals surface area contributed by atoms with Crippen LogP contribution >= 0.6 is 11.3 Å². The summed E-state index contributed by atoms with van der Waals surface area (Å²) in [6.45, 7) is 2.39. The molecule has 0 unspecified atom stereocenters. The lowest BCUT2D eigenvalue weighted by molar-refractivity contribution is -0.126. The van der Waals surface area contributed by atoms with Gasteiger partial charge in [0.1, 0.15) is 0 Å². The molecule has 0 radical (unpaired) electrons. The highest BCUT2D eigenvalue weighted by Crippen LogP contribution is 2.25. The molecular weight excluding hydrogens is 310 g/mol. The van der Waals surface area contributed by atoms with E-state index in [1.165, 1.54) is 0 Å². The van der Waals surface area contributed by atoms with E-state index in [-0.39, 0.29) is 24.2 Å². The van der Waals surface area contributed by atoms with Crippen molar-refractivity contribution in [3.63, 3.8) is 0 Å². The fourth-order valence-electron chi connectivity index (χ4n) is 2.47. The van der Waals surface area contributed by atoms with Gasteiger partial charge in [-0.3, -0.25) is 9.59 Å². The second-order valence-electron chi connectivity index (χ2n) is 5.49. The van der Waals surface area contributed by atoms with Crippen LogP contribution in [0.2, 0.25) is 0 Å². The van der Waals surface area contributed by atoms with E-state index in [2.05, 4.69) is 10.5 Å². The van der Waals surface area contributed by atoms with E-state index in [4.69, 9.17) is 0 Å². The molecular formula is C17H17N3O2S. The number of hydrogen-bond donors (Lipinski definition) is 1. The van der Waals surface area contributed by atoms with Crippen molar-refractivity contribution < 1.29 is 9.59 Å².